The lowest BCUT2D eigenvalue weighted by atomic mass is 10.2. The topological polar surface area (TPSA) is 86.0 Å². The molecule has 0 spiro atoms. The van der Waals surface area contributed by atoms with Crippen LogP contribution in [0, 0.1) is 18.3 Å². The smallest absolute Gasteiger partial charge is 0.270 e. The molecule has 19 heavy (non-hydrogen) atoms. The van der Waals surface area contributed by atoms with Gasteiger partial charge >= 0.3 is 0 Å². The highest BCUT2D eigenvalue weighted by Gasteiger charge is 2.19. The Hall–Kier alpha value is -1.58. The minimum absolute atomic E-state index is 0.00242. The molecule has 5 nitrogen and oxygen atoms in total. The molecule has 2 atom stereocenters. The number of nitrogens with one attached hydrogen (secondary N) is 1. The molecule has 0 aliphatic carbocycles. The molecule has 0 saturated carbocycles. The van der Waals surface area contributed by atoms with Gasteiger partial charge < -0.3 is 10.4 Å². The van der Waals surface area contributed by atoms with E-state index in [4.69, 9.17) is 10.4 Å². The Morgan fingerprint density at radius 2 is 2.32 bits per heavy atom. The molecule has 1 aromatic heterocycles. The van der Waals surface area contributed by atoms with Gasteiger partial charge in [0, 0.05) is 11.3 Å². The number of aliphatic hydroxyl groups is 1. The van der Waals surface area contributed by atoms with Gasteiger partial charge in [-0.15, -0.1) is 0 Å². The molecule has 1 heterocycles. The normalized spacial score (nSPS) is 13.4. The lowest BCUT2D eigenvalue weighted by molar-refractivity contribution is 0.0930. The van der Waals surface area contributed by atoms with Crippen LogP contribution in [0.4, 0.5) is 0 Å². The van der Waals surface area contributed by atoms with Crippen LogP contribution in [0.2, 0.25) is 0 Å². The van der Waals surface area contributed by atoms with Crippen molar-refractivity contribution in [3.05, 3.63) is 29.1 Å². The first-order chi connectivity index (χ1) is 9.03. The molecular weight excluding hydrogens is 262 g/mol. The minimum atomic E-state index is -0.299. The summed E-state index contributed by atoms with van der Waals surface area (Å²) in [5.74, 6) is -0.299. The molecule has 2 unspecified atom stereocenters. The number of aliphatic hydroxyl groups excluding tert-OH is 1. The van der Waals surface area contributed by atoms with E-state index in [2.05, 4.69) is 10.3 Å². The van der Waals surface area contributed by atoms with Crippen molar-refractivity contribution in [3.63, 3.8) is 0 Å². The molecule has 1 rings (SSSR count). The fourth-order valence-electron chi connectivity index (χ4n) is 1.62. The highest BCUT2D eigenvalue weighted by molar-refractivity contribution is 7.99. The van der Waals surface area contributed by atoms with Gasteiger partial charge in [0.2, 0.25) is 0 Å². The van der Waals surface area contributed by atoms with Crippen LogP contribution in [0.15, 0.2) is 12.1 Å². The van der Waals surface area contributed by atoms with Crippen molar-refractivity contribution >= 4 is 17.7 Å². The fraction of sp³-hybridized carbons (Fsp3) is 0.462. The zero-order chi connectivity index (χ0) is 14.4. The van der Waals surface area contributed by atoms with E-state index < -0.39 is 0 Å². The maximum absolute atomic E-state index is 12.0. The summed E-state index contributed by atoms with van der Waals surface area (Å²) in [4.78, 5) is 16.1. The first kappa shape index (κ1) is 15.5. The summed E-state index contributed by atoms with van der Waals surface area (Å²) in [5, 5.41) is 20.7. The van der Waals surface area contributed by atoms with Gasteiger partial charge in [0.1, 0.15) is 11.8 Å². The van der Waals surface area contributed by atoms with Gasteiger partial charge in [-0.2, -0.15) is 17.0 Å². The molecule has 0 radical (unpaired) electrons. The number of aromatic nitrogens is 1. The molecule has 0 aromatic carbocycles. The largest absolute Gasteiger partial charge is 0.395 e. The van der Waals surface area contributed by atoms with Gasteiger partial charge in [-0.3, -0.25) is 4.79 Å². The second-order valence-electron chi connectivity index (χ2n) is 4.16. The summed E-state index contributed by atoms with van der Waals surface area (Å²) in [6.45, 7) is 3.53. The monoisotopic (exact) mass is 279 g/mol. The SMILES string of the molecule is CSC(CO)C(C)NC(=O)c1ccc(C#N)c(C)n1. The van der Waals surface area contributed by atoms with Crippen LogP contribution in [-0.2, 0) is 0 Å². The average molecular weight is 279 g/mol. The zero-order valence-electron chi connectivity index (χ0n) is 11.2. The summed E-state index contributed by atoms with van der Waals surface area (Å²) in [6, 6.07) is 4.96. The van der Waals surface area contributed by atoms with Gasteiger partial charge in [-0.1, -0.05) is 0 Å². The van der Waals surface area contributed by atoms with Crippen LogP contribution < -0.4 is 5.32 Å². The van der Waals surface area contributed by atoms with E-state index in [1.54, 1.807) is 13.0 Å². The molecule has 2 N–H and O–H groups in total. The number of rotatable bonds is 5. The van der Waals surface area contributed by atoms with E-state index >= 15 is 0 Å². The van der Waals surface area contributed by atoms with Crippen molar-refractivity contribution in [2.75, 3.05) is 12.9 Å². The van der Waals surface area contributed by atoms with Gasteiger partial charge in [-0.05, 0) is 32.2 Å². The molecule has 0 aliphatic rings. The Kier molecular flexibility index (Phi) is 5.80. The lowest BCUT2D eigenvalue weighted by Gasteiger charge is -2.21. The summed E-state index contributed by atoms with van der Waals surface area (Å²) < 4.78 is 0. The number of amides is 1. The van der Waals surface area contributed by atoms with Crippen molar-refractivity contribution < 1.29 is 9.90 Å². The Labute approximate surface area is 117 Å². The second-order valence-corrected chi connectivity index (χ2v) is 5.24. The number of hydrogen-bond acceptors (Lipinski definition) is 5. The third-order valence-corrected chi connectivity index (χ3v) is 4.00. The molecule has 0 aliphatic heterocycles. The molecule has 1 aromatic rings. The molecule has 0 bridgehead atoms. The predicted octanol–water partition coefficient (Wildman–Crippen LogP) is 1.10. The van der Waals surface area contributed by atoms with Crippen LogP contribution in [0.5, 0.6) is 0 Å². The van der Waals surface area contributed by atoms with E-state index in [1.165, 1.54) is 17.8 Å². The lowest BCUT2D eigenvalue weighted by Crippen LogP contribution is -2.41. The molecule has 1 amide bonds. The van der Waals surface area contributed by atoms with E-state index in [0.717, 1.165) is 0 Å². The fourth-order valence-corrected chi connectivity index (χ4v) is 2.24. The van der Waals surface area contributed by atoms with Gasteiger partial charge in [0.25, 0.3) is 5.91 Å². The van der Waals surface area contributed by atoms with E-state index in [1.807, 2.05) is 19.2 Å². The van der Waals surface area contributed by atoms with E-state index in [-0.39, 0.29) is 29.5 Å². The number of carbonyl (C=O) groups is 1. The molecule has 102 valence electrons. The van der Waals surface area contributed by atoms with Crippen LogP contribution in [0.1, 0.15) is 28.7 Å². The van der Waals surface area contributed by atoms with Crippen molar-refractivity contribution in [3.8, 4) is 6.07 Å². The second kappa shape index (κ2) is 7.12. The Morgan fingerprint density at radius 1 is 1.63 bits per heavy atom. The number of hydrogen-bond donors (Lipinski definition) is 2. The van der Waals surface area contributed by atoms with Gasteiger partial charge in [-0.25, -0.2) is 4.98 Å². The van der Waals surface area contributed by atoms with Gasteiger partial charge in [0.15, 0.2) is 0 Å². The predicted molar refractivity (Wildman–Crippen MR) is 75.0 cm³/mol. The summed E-state index contributed by atoms with van der Waals surface area (Å²) in [5.41, 5.74) is 1.27. The average Bonchev–Trinajstić information content (AvgIpc) is 2.39. The van der Waals surface area contributed by atoms with Crippen molar-refractivity contribution in [2.24, 2.45) is 0 Å². The van der Waals surface area contributed by atoms with Crippen molar-refractivity contribution in [1.82, 2.24) is 10.3 Å². The molecule has 0 fully saturated rings. The number of nitrogens with zero attached hydrogens (tertiary/aromatic N) is 2. The molecular formula is C13H17N3O2S. The number of nitriles is 1. The summed E-state index contributed by atoms with van der Waals surface area (Å²) in [7, 11) is 0. The first-order valence-electron chi connectivity index (χ1n) is 5.85. The van der Waals surface area contributed by atoms with Crippen LogP contribution in [0.3, 0.4) is 0 Å². The molecule has 0 saturated heterocycles. The highest BCUT2D eigenvalue weighted by atomic mass is 32.2. The highest BCUT2D eigenvalue weighted by Crippen LogP contribution is 2.11. The summed E-state index contributed by atoms with van der Waals surface area (Å²) >= 11 is 1.50. The van der Waals surface area contributed by atoms with Gasteiger partial charge in [0.05, 0.1) is 17.9 Å². The number of pyridine rings is 1. The minimum Gasteiger partial charge on any atom is -0.395 e. The maximum atomic E-state index is 12.0. The van der Waals surface area contributed by atoms with Crippen LogP contribution in [-0.4, -0.2) is 40.2 Å². The number of thioether (sulfide) groups is 1. The number of aryl methyl sites for hydroxylation is 1. The Morgan fingerprint density at radius 3 is 2.79 bits per heavy atom. The molecule has 6 heteroatoms. The van der Waals surface area contributed by atoms with E-state index in [9.17, 15) is 4.79 Å². The number of carbonyl (C=O) groups excluding carboxylic acids is 1. The quantitative estimate of drug-likeness (QED) is 0.843. The van der Waals surface area contributed by atoms with Crippen LogP contribution >= 0.6 is 11.8 Å². The Balaban J connectivity index is 2.79. The Bertz CT molecular complexity index is 495. The van der Waals surface area contributed by atoms with Crippen LogP contribution in [0.25, 0.3) is 0 Å². The zero-order valence-corrected chi connectivity index (χ0v) is 12.0. The van der Waals surface area contributed by atoms with Crippen molar-refractivity contribution in [2.45, 2.75) is 25.1 Å². The maximum Gasteiger partial charge on any atom is 0.270 e. The van der Waals surface area contributed by atoms with E-state index in [0.29, 0.717) is 11.3 Å². The first-order valence-corrected chi connectivity index (χ1v) is 7.14. The van der Waals surface area contributed by atoms with Crippen molar-refractivity contribution in [1.29, 1.82) is 5.26 Å². The standard InChI is InChI=1S/C13H17N3O2S/c1-8-10(6-14)4-5-11(15-8)13(18)16-9(2)12(7-17)19-3/h4-5,9,12,17H,7H2,1-3H3,(H,16,18). The third kappa shape index (κ3) is 3.94. The third-order valence-electron chi connectivity index (χ3n) is 2.84. The summed E-state index contributed by atoms with van der Waals surface area (Å²) in [6.07, 6.45) is 1.88.